The highest BCUT2D eigenvalue weighted by Crippen LogP contribution is 2.30. The molecule has 0 saturated heterocycles. The average Bonchev–Trinajstić information content (AvgIpc) is 2.71. The topological polar surface area (TPSA) is 72.2 Å². The zero-order chi connectivity index (χ0) is 20.6. The first-order valence-electron chi connectivity index (χ1n) is 8.64. The Kier molecular flexibility index (Phi) is 7.57. The molecular weight excluding hydrogens is 428 g/mol. The predicted octanol–water partition coefficient (Wildman–Crippen LogP) is 6.27. The Balaban J connectivity index is 1.47. The van der Waals surface area contributed by atoms with Crippen molar-refractivity contribution in [3.63, 3.8) is 0 Å². The fourth-order valence-electron chi connectivity index (χ4n) is 2.44. The zero-order valence-corrected chi connectivity index (χ0v) is 17.6. The van der Waals surface area contributed by atoms with Gasteiger partial charge in [-0.2, -0.15) is 0 Å². The van der Waals surface area contributed by atoms with E-state index in [0.717, 1.165) is 21.0 Å². The lowest BCUT2D eigenvalue weighted by molar-refractivity contribution is -0.384. The molecule has 0 fully saturated rings. The molecule has 3 rings (SSSR count). The Morgan fingerprint density at radius 2 is 1.59 bits per heavy atom. The van der Waals surface area contributed by atoms with Crippen LogP contribution in [0.3, 0.4) is 0 Å². The fraction of sp³-hybridized carbons (Fsp3) is 0.0952. The molecule has 148 valence electrons. The van der Waals surface area contributed by atoms with Crippen molar-refractivity contribution in [2.75, 3.05) is 11.1 Å². The fourth-order valence-corrected chi connectivity index (χ4v) is 4.37. The Hall–Kier alpha value is -2.48. The number of benzene rings is 3. The summed E-state index contributed by atoms with van der Waals surface area (Å²) in [7, 11) is 0. The summed E-state index contributed by atoms with van der Waals surface area (Å²) in [4.78, 5) is 24.3. The molecule has 3 aromatic carbocycles. The van der Waals surface area contributed by atoms with Gasteiger partial charge in [0.15, 0.2) is 0 Å². The molecule has 3 aromatic rings. The van der Waals surface area contributed by atoms with Gasteiger partial charge in [-0.1, -0.05) is 41.6 Å². The maximum Gasteiger partial charge on any atom is 0.269 e. The summed E-state index contributed by atoms with van der Waals surface area (Å²) in [5.74, 6) is 0.945. The molecule has 0 aliphatic heterocycles. The SMILES string of the molecule is O=C(CSCc1ccccc1Cl)Nc1ccc(Sc2ccc([N+](=O)[O-])cc2)cc1. The second-order valence-electron chi connectivity index (χ2n) is 6.01. The van der Waals surface area contributed by atoms with Gasteiger partial charge in [0.05, 0.1) is 10.7 Å². The van der Waals surface area contributed by atoms with Crippen molar-refractivity contribution < 1.29 is 9.72 Å². The molecule has 0 aromatic heterocycles. The van der Waals surface area contributed by atoms with Gasteiger partial charge in [-0.05, 0) is 48.0 Å². The van der Waals surface area contributed by atoms with Crippen LogP contribution in [0.5, 0.6) is 0 Å². The van der Waals surface area contributed by atoms with Crippen molar-refractivity contribution in [2.24, 2.45) is 0 Å². The Bertz CT molecular complexity index is 996. The number of hydrogen-bond acceptors (Lipinski definition) is 5. The van der Waals surface area contributed by atoms with E-state index in [4.69, 9.17) is 11.6 Å². The van der Waals surface area contributed by atoms with Gasteiger partial charge in [0.25, 0.3) is 5.69 Å². The normalized spacial score (nSPS) is 10.5. The van der Waals surface area contributed by atoms with Crippen LogP contribution in [0, 0.1) is 10.1 Å². The van der Waals surface area contributed by atoms with Crippen LogP contribution in [0.15, 0.2) is 82.6 Å². The molecule has 0 radical (unpaired) electrons. The first-order valence-corrected chi connectivity index (χ1v) is 11.0. The molecule has 0 unspecified atom stereocenters. The van der Waals surface area contributed by atoms with E-state index in [-0.39, 0.29) is 11.6 Å². The van der Waals surface area contributed by atoms with Crippen molar-refractivity contribution >= 4 is 52.4 Å². The van der Waals surface area contributed by atoms with Crippen molar-refractivity contribution in [3.05, 3.63) is 93.5 Å². The standard InChI is InChI=1S/C21H17ClN2O3S2/c22-20-4-2-1-3-15(20)13-28-14-21(25)23-16-5-9-18(10-6-16)29-19-11-7-17(8-12-19)24(26)27/h1-12H,13-14H2,(H,23,25). The molecular formula is C21H17ClN2O3S2. The molecule has 1 amide bonds. The van der Waals surface area contributed by atoms with Gasteiger partial charge in [-0.15, -0.1) is 11.8 Å². The molecule has 0 aliphatic rings. The molecule has 5 nitrogen and oxygen atoms in total. The summed E-state index contributed by atoms with van der Waals surface area (Å²) < 4.78 is 0. The number of nitrogens with zero attached hydrogens (tertiary/aromatic N) is 1. The second-order valence-corrected chi connectivity index (χ2v) is 8.55. The summed E-state index contributed by atoms with van der Waals surface area (Å²) in [5.41, 5.74) is 1.81. The lowest BCUT2D eigenvalue weighted by Gasteiger charge is -2.07. The predicted molar refractivity (Wildman–Crippen MR) is 120 cm³/mol. The molecule has 8 heteroatoms. The van der Waals surface area contributed by atoms with Crippen LogP contribution in [0.1, 0.15) is 5.56 Å². The van der Waals surface area contributed by atoms with E-state index >= 15 is 0 Å². The highest BCUT2D eigenvalue weighted by Gasteiger charge is 2.07. The number of hydrogen-bond donors (Lipinski definition) is 1. The smallest absolute Gasteiger partial charge is 0.269 e. The lowest BCUT2D eigenvalue weighted by atomic mass is 10.2. The number of nitro groups is 1. The summed E-state index contributed by atoms with van der Waals surface area (Å²) in [6.07, 6.45) is 0. The molecule has 0 spiro atoms. The van der Waals surface area contributed by atoms with Crippen molar-refractivity contribution in [2.45, 2.75) is 15.5 Å². The minimum Gasteiger partial charge on any atom is -0.325 e. The lowest BCUT2D eigenvalue weighted by Crippen LogP contribution is -2.14. The van der Waals surface area contributed by atoms with E-state index in [1.165, 1.54) is 35.7 Å². The Morgan fingerprint density at radius 3 is 2.21 bits per heavy atom. The number of non-ortho nitro benzene ring substituents is 1. The van der Waals surface area contributed by atoms with Crippen LogP contribution in [0.25, 0.3) is 0 Å². The van der Waals surface area contributed by atoms with Crippen LogP contribution in [0.4, 0.5) is 11.4 Å². The molecule has 29 heavy (non-hydrogen) atoms. The van der Waals surface area contributed by atoms with Gasteiger partial charge in [0.1, 0.15) is 0 Å². The maximum absolute atomic E-state index is 12.1. The molecule has 0 aliphatic carbocycles. The number of nitrogens with one attached hydrogen (secondary N) is 1. The Labute approximate surface area is 182 Å². The van der Waals surface area contributed by atoms with Gasteiger partial charge in [0, 0.05) is 38.4 Å². The summed E-state index contributed by atoms with van der Waals surface area (Å²) in [6.45, 7) is 0. The number of anilines is 1. The third-order valence-corrected chi connectivity index (χ3v) is 6.24. The summed E-state index contributed by atoms with van der Waals surface area (Å²) in [6, 6.07) is 21.5. The van der Waals surface area contributed by atoms with Gasteiger partial charge in [0.2, 0.25) is 5.91 Å². The summed E-state index contributed by atoms with van der Waals surface area (Å²) >= 11 is 9.12. The third-order valence-electron chi connectivity index (χ3n) is 3.87. The number of nitro benzene ring substituents is 1. The highest BCUT2D eigenvalue weighted by atomic mass is 35.5. The monoisotopic (exact) mass is 444 g/mol. The van der Waals surface area contributed by atoms with E-state index in [0.29, 0.717) is 16.5 Å². The van der Waals surface area contributed by atoms with Crippen LogP contribution in [0.2, 0.25) is 5.02 Å². The van der Waals surface area contributed by atoms with Crippen LogP contribution in [-0.2, 0) is 10.5 Å². The minimum atomic E-state index is -0.418. The van der Waals surface area contributed by atoms with Gasteiger partial charge in [-0.25, -0.2) is 0 Å². The number of thioether (sulfide) groups is 1. The zero-order valence-electron chi connectivity index (χ0n) is 15.2. The van der Waals surface area contributed by atoms with Crippen LogP contribution >= 0.6 is 35.1 Å². The number of amides is 1. The second kappa shape index (κ2) is 10.3. The first-order chi connectivity index (χ1) is 14.0. The van der Waals surface area contributed by atoms with Crippen LogP contribution in [-0.4, -0.2) is 16.6 Å². The van der Waals surface area contributed by atoms with Gasteiger partial charge in [-0.3, -0.25) is 14.9 Å². The maximum atomic E-state index is 12.1. The first kappa shape index (κ1) is 21.2. The molecule has 0 saturated carbocycles. The van der Waals surface area contributed by atoms with Gasteiger partial charge < -0.3 is 5.32 Å². The number of carbonyl (C=O) groups is 1. The molecule has 0 bridgehead atoms. The molecule has 0 atom stereocenters. The highest BCUT2D eigenvalue weighted by molar-refractivity contribution is 7.99. The Morgan fingerprint density at radius 1 is 0.966 bits per heavy atom. The van der Waals surface area contributed by atoms with E-state index in [9.17, 15) is 14.9 Å². The van der Waals surface area contributed by atoms with Gasteiger partial charge >= 0.3 is 0 Å². The van der Waals surface area contributed by atoms with Crippen molar-refractivity contribution in [3.8, 4) is 0 Å². The average molecular weight is 445 g/mol. The quantitative estimate of drug-likeness (QED) is 0.327. The molecule has 0 heterocycles. The number of carbonyl (C=O) groups excluding carboxylic acids is 1. The number of halogens is 1. The van der Waals surface area contributed by atoms with E-state index < -0.39 is 4.92 Å². The van der Waals surface area contributed by atoms with E-state index in [1.807, 2.05) is 48.5 Å². The largest absolute Gasteiger partial charge is 0.325 e. The molecule has 1 N–H and O–H groups in total. The number of rotatable bonds is 8. The van der Waals surface area contributed by atoms with Crippen LogP contribution < -0.4 is 5.32 Å². The third kappa shape index (κ3) is 6.52. The van der Waals surface area contributed by atoms with Crippen molar-refractivity contribution in [1.82, 2.24) is 0 Å². The van der Waals surface area contributed by atoms with E-state index in [1.54, 1.807) is 12.1 Å². The minimum absolute atomic E-state index is 0.0693. The van der Waals surface area contributed by atoms with Crippen molar-refractivity contribution in [1.29, 1.82) is 0 Å². The van der Waals surface area contributed by atoms with E-state index in [2.05, 4.69) is 5.32 Å². The summed E-state index contributed by atoms with van der Waals surface area (Å²) in [5, 5.41) is 14.3.